The maximum atomic E-state index is 15.4. The molecule has 5 aromatic carbocycles. The van der Waals surface area contributed by atoms with E-state index in [1.807, 2.05) is 59.4 Å². The summed E-state index contributed by atoms with van der Waals surface area (Å²) in [6.07, 6.45) is -1.66. The lowest BCUT2D eigenvalue weighted by atomic mass is 9.12. The molecule has 1 aromatic heterocycles. The zero-order chi connectivity index (χ0) is 46.4. The molecule has 0 aliphatic carbocycles. The Kier molecular flexibility index (Phi) is 12.7. The topological polar surface area (TPSA) is 51.5 Å². The molecular formula is C38H10BF20N3. The molecule has 0 radical (unpaired) electrons. The number of pyridine rings is 1. The molecule has 0 N–H and O–H groups in total. The van der Waals surface area contributed by atoms with Crippen LogP contribution in [0.1, 0.15) is 0 Å². The van der Waals surface area contributed by atoms with E-state index >= 15 is 35.1 Å². The predicted molar refractivity (Wildman–Crippen MR) is 173 cm³/mol. The molecule has 1 heterocycles. The maximum absolute atomic E-state index is 15.4. The van der Waals surface area contributed by atoms with Gasteiger partial charge in [-0.25, -0.2) is 92.4 Å². The van der Waals surface area contributed by atoms with Gasteiger partial charge in [-0.1, -0.05) is 18.2 Å². The molecular weight excluding hydrogens is 889 g/mol. The molecule has 0 amide bonds. The number of nitrogens with zero attached hydrogens (tertiary/aromatic N) is 3. The summed E-state index contributed by atoms with van der Waals surface area (Å²) >= 11 is 0. The van der Waals surface area contributed by atoms with Crippen LogP contribution in [0.4, 0.5) is 87.8 Å². The van der Waals surface area contributed by atoms with Gasteiger partial charge >= 0.3 is 0 Å². The van der Waals surface area contributed by atoms with Gasteiger partial charge in [0.1, 0.15) is 70.4 Å². The van der Waals surface area contributed by atoms with Crippen LogP contribution in [0.3, 0.4) is 0 Å². The first-order valence-corrected chi connectivity index (χ1v) is 16.1. The second-order valence-electron chi connectivity index (χ2n) is 12.4. The lowest BCUT2D eigenvalue weighted by molar-refractivity contribution is -0.685. The summed E-state index contributed by atoms with van der Waals surface area (Å²) in [6.45, 7) is 0.529. The Morgan fingerprint density at radius 3 is 0.935 bits per heavy atom. The van der Waals surface area contributed by atoms with Gasteiger partial charge in [-0.05, 0) is 11.5 Å². The van der Waals surface area contributed by atoms with Crippen LogP contribution in [0.25, 0.3) is 10.8 Å². The van der Waals surface area contributed by atoms with Crippen LogP contribution in [-0.2, 0) is 6.54 Å². The standard InChI is InChI=1S/C24BF20.C14H10N3/c26-5-1(6(27)14(35)21(42)13(5)34)25(2-7(28)15(36)22(43)16(37)8(2)29,3-9(30)17(38)23(44)18(39)10(3)31)4-11(32)19(40)24(45)20(41)12(4)33;15-9-12(10-16)5-7-17-8-6-13-3-1-2-4-14(13)11-17/h;1-6,8,11H,7H2/q-1;+1. The van der Waals surface area contributed by atoms with E-state index in [4.69, 9.17) is 10.5 Å². The smallest absolute Gasteiger partial charge is 0.200 e. The van der Waals surface area contributed by atoms with Gasteiger partial charge in [-0.15, -0.1) is 21.9 Å². The first kappa shape index (κ1) is 46.0. The van der Waals surface area contributed by atoms with Crippen molar-refractivity contribution in [3.63, 3.8) is 0 Å². The van der Waals surface area contributed by atoms with Crippen molar-refractivity contribution >= 4 is 38.8 Å². The summed E-state index contributed by atoms with van der Waals surface area (Å²) in [7, 11) is 0. The van der Waals surface area contributed by atoms with Crippen molar-refractivity contribution in [3.05, 3.63) is 171 Å². The van der Waals surface area contributed by atoms with Crippen LogP contribution in [0.5, 0.6) is 0 Å². The maximum Gasteiger partial charge on any atom is 0.200 e. The highest BCUT2D eigenvalue weighted by molar-refractivity contribution is 7.20. The van der Waals surface area contributed by atoms with E-state index in [-0.39, 0.29) is 5.57 Å². The first-order valence-electron chi connectivity index (χ1n) is 16.1. The second kappa shape index (κ2) is 17.1. The quantitative estimate of drug-likeness (QED) is 0.0426. The van der Waals surface area contributed by atoms with Crippen LogP contribution < -0.4 is 26.4 Å². The Bertz CT molecular complexity index is 2580. The fourth-order valence-corrected chi connectivity index (χ4v) is 6.48. The summed E-state index contributed by atoms with van der Waals surface area (Å²) in [5.74, 6) is -71.4. The van der Waals surface area contributed by atoms with Crippen molar-refractivity contribution in [2.75, 3.05) is 0 Å². The predicted octanol–water partition coefficient (Wildman–Crippen LogP) is 7.95. The highest BCUT2D eigenvalue weighted by Gasteiger charge is 2.52. The fraction of sp³-hybridized carbons (Fsp3) is 0.0263. The van der Waals surface area contributed by atoms with Crippen LogP contribution in [0.2, 0.25) is 0 Å². The molecule has 6 rings (SSSR count). The normalized spacial score (nSPS) is 11.3. The number of hydrogen-bond acceptors (Lipinski definition) is 2. The average Bonchev–Trinajstić information content (AvgIpc) is 3.26. The highest BCUT2D eigenvalue weighted by Crippen LogP contribution is 2.30. The van der Waals surface area contributed by atoms with Crippen LogP contribution in [0, 0.1) is 139 Å². The molecule has 0 aliphatic rings. The van der Waals surface area contributed by atoms with Crippen molar-refractivity contribution in [1.29, 1.82) is 10.5 Å². The summed E-state index contributed by atoms with van der Waals surface area (Å²) < 4.78 is 296. The Balaban J connectivity index is 0.000000355. The van der Waals surface area contributed by atoms with E-state index in [0.29, 0.717) is 6.54 Å². The molecule has 3 nitrogen and oxygen atoms in total. The molecule has 0 atom stereocenters. The van der Waals surface area contributed by atoms with Gasteiger partial charge < -0.3 is 0 Å². The Morgan fingerprint density at radius 2 is 0.661 bits per heavy atom. The zero-order valence-corrected chi connectivity index (χ0v) is 29.3. The largest absolute Gasteiger partial charge is 0.207 e. The van der Waals surface area contributed by atoms with Crippen LogP contribution >= 0.6 is 0 Å². The lowest BCUT2D eigenvalue weighted by Gasteiger charge is -2.44. The van der Waals surface area contributed by atoms with Crippen molar-refractivity contribution in [1.82, 2.24) is 0 Å². The average molecular weight is 899 g/mol. The number of aromatic nitrogens is 1. The molecule has 24 heteroatoms. The van der Waals surface area contributed by atoms with E-state index in [0.717, 1.165) is 5.39 Å². The molecule has 0 spiro atoms. The first-order chi connectivity index (χ1) is 29.0. The number of allylic oxidation sites excluding steroid dienone is 2. The third-order valence-corrected chi connectivity index (χ3v) is 9.20. The number of halogens is 20. The van der Waals surface area contributed by atoms with Gasteiger partial charge in [0.15, 0.2) is 88.7 Å². The molecule has 0 unspecified atom stereocenters. The van der Waals surface area contributed by atoms with Crippen molar-refractivity contribution < 1.29 is 92.4 Å². The van der Waals surface area contributed by atoms with E-state index < -0.39 is 144 Å². The highest BCUT2D eigenvalue weighted by atomic mass is 19.2. The zero-order valence-electron chi connectivity index (χ0n) is 29.3. The van der Waals surface area contributed by atoms with Gasteiger partial charge in [0.2, 0.25) is 0 Å². The Morgan fingerprint density at radius 1 is 0.403 bits per heavy atom. The molecule has 0 aliphatic heterocycles. The molecule has 0 fully saturated rings. The second-order valence-corrected chi connectivity index (χ2v) is 12.4. The number of rotatable bonds is 6. The summed E-state index contributed by atoms with van der Waals surface area (Å²) in [4.78, 5) is 0. The number of benzene rings is 5. The Hall–Kier alpha value is -7.11. The monoisotopic (exact) mass is 899 g/mol. The minimum atomic E-state index is -7.22. The van der Waals surface area contributed by atoms with E-state index in [1.165, 1.54) is 5.39 Å². The van der Waals surface area contributed by atoms with Crippen molar-refractivity contribution in [2.24, 2.45) is 0 Å². The minimum absolute atomic E-state index is 0.144. The number of fused-ring (bicyclic) bond motifs is 1. The van der Waals surface area contributed by atoms with Crippen LogP contribution in [-0.4, -0.2) is 6.15 Å². The van der Waals surface area contributed by atoms with Crippen molar-refractivity contribution in [3.8, 4) is 12.1 Å². The lowest BCUT2D eigenvalue weighted by Crippen LogP contribution is -2.81. The summed E-state index contributed by atoms with van der Waals surface area (Å²) in [5.41, 5.74) is -14.2. The van der Waals surface area contributed by atoms with E-state index in [1.54, 1.807) is 6.08 Å². The SMILES string of the molecule is Fc1c(F)c(F)c([B-](c2c(F)c(F)c(F)c(F)c2F)(c2c(F)c(F)c(F)c(F)c2F)c2c(F)c(F)c(F)c(F)c2F)c(F)c1F.N#CC(C#N)=CC[n+]1ccc2ccccc2c1. The fourth-order valence-electron chi connectivity index (χ4n) is 6.48. The third-order valence-electron chi connectivity index (χ3n) is 9.20. The summed E-state index contributed by atoms with van der Waals surface area (Å²) in [6, 6.07) is 13.8. The molecule has 0 saturated carbocycles. The van der Waals surface area contributed by atoms with Gasteiger partial charge in [-0.3, -0.25) is 0 Å². The van der Waals surface area contributed by atoms with Gasteiger partial charge in [0, 0.05) is 17.5 Å². The molecule has 62 heavy (non-hydrogen) atoms. The van der Waals surface area contributed by atoms with Gasteiger partial charge in [0.25, 0.3) is 0 Å². The van der Waals surface area contributed by atoms with E-state index in [2.05, 4.69) is 0 Å². The van der Waals surface area contributed by atoms with Crippen LogP contribution in [0.15, 0.2) is 54.4 Å². The van der Waals surface area contributed by atoms with E-state index in [9.17, 15) is 52.7 Å². The van der Waals surface area contributed by atoms with Crippen molar-refractivity contribution in [2.45, 2.75) is 6.54 Å². The minimum Gasteiger partial charge on any atom is -0.207 e. The van der Waals surface area contributed by atoms with Gasteiger partial charge in [-0.2, -0.15) is 10.5 Å². The number of nitriles is 2. The summed E-state index contributed by atoms with van der Waals surface area (Å²) in [5, 5.41) is 19.6. The van der Waals surface area contributed by atoms with Gasteiger partial charge in [0.05, 0.1) is 0 Å². The number of hydrogen-bond donors (Lipinski definition) is 0. The molecule has 0 saturated heterocycles. The Labute approximate surface area is 331 Å². The molecule has 0 bridgehead atoms. The third kappa shape index (κ3) is 7.08. The molecule has 320 valence electrons. The molecule has 6 aromatic rings.